The Morgan fingerprint density at radius 2 is 1.68 bits per heavy atom. The van der Waals surface area contributed by atoms with Crippen molar-refractivity contribution in [2.75, 3.05) is 7.11 Å². The summed E-state index contributed by atoms with van der Waals surface area (Å²) < 4.78 is 7.42. The van der Waals surface area contributed by atoms with Crippen LogP contribution in [0.4, 0.5) is 0 Å². The predicted octanol–water partition coefficient (Wildman–Crippen LogP) is 5.32. The van der Waals surface area contributed by atoms with Gasteiger partial charge in [0.1, 0.15) is 5.75 Å². The van der Waals surface area contributed by atoms with Gasteiger partial charge in [0.25, 0.3) is 0 Å². The molecule has 28 heavy (non-hydrogen) atoms. The first-order chi connectivity index (χ1) is 13.7. The Balaban J connectivity index is 1.85. The summed E-state index contributed by atoms with van der Waals surface area (Å²) in [5.74, 6) is 0.0101. The lowest BCUT2D eigenvalue weighted by molar-refractivity contribution is -0.136. The molecule has 4 aromatic rings. The molecular formula is C24H21NO3. The number of benzene rings is 3. The summed E-state index contributed by atoms with van der Waals surface area (Å²) in [6.45, 7) is 0. The molecule has 1 N–H and O–H groups in total. The van der Waals surface area contributed by atoms with Crippen LogP contribution >= 0.6 is 0 Å². The van der Waals surface area contributed by atoms with Crippen molar-refractivity contribution in [3.63, 3.8) is 0 Å². The highest BCUT2D eigenvalue weighted by atomic mass is 16.5. The van der Waals surface area contributed by atoms with Crippen LogP contribution in [0.2, 0.25) is 0 Å². The third kappa shape index (κ3) is 3.49. The lowest BCUT2D eigenvalue weighted by Crippen LogP contribution is -2.05. The van der Waals surface area contributed by atoms with Crippen LogP contribution in [0.15, 0.2) is 78.9 Å². The Hall–Kier alpha value is -3.53. The van der Waals surface area contributed by atoms with E-state index in [4.69, 9.17) is 9.84 Å². The zero-order valence-corrected chi connectivity index (χ0v) is 15.6. The molecule has 0 aliphatic heterocycles. The van der Waals surface area contributed by atoms with Gasteiger partial charge in [0.05, 0.1) is 19.2 Å². The smallest absolute Gasteiger partial charge is 0.303 e. The number of methoxy groups -OCH3 is 1. The molecule has 0 unspecified atom stereocenters. The SMILES string of the molecule is COc1ccc(-c2ccc(CCC(=O)O)n2-c2ccc3ccccc3c2)cc1. The number of nitrogens with zero attached hydrogens (tertiary/aromatic N) is 1. The van der Waals surface area contributed by atoms with Crippen molar-refractivity contribution in [3.8, 4) is 22.7 Å². The Kier molecular flexibility index (Phi) is 4.85. The number of carboxylic acids is 1. The Bertz CT molecular complexity index is 1130. The van der Waals surface area contributed by atoms with Crippen molar-refractivity contribution in [3.05, 3.63) is 84.6 Å². The van der Waals surface area contributed by atoms with E-state index < -0.39 is 5.97 Å². The van der Waals surface area contributed by atoms with E-state index in [1.807, 2.05) is 48.5 Å². The number of hydrogen-bond donors (Lipinski definition) is 1. The number of aliphatic carboxylic acids is 1. The molecule has 0 atom stereocenters. The summed E-state index contributed by atoms with van der Waals surface area (Å²) in [6, 6.07) is 26.5. The van der Waals surface area contributed by atoms with E-state index in [0.717, 1.165) is 33.8 Å². The molecule has 1 heterocycles. The van der Waals surface area contributed by atoms with Crippen LogP contribution in [0.1, 0.15) is 12.1 Å². The molecule has 4 rings (SSSR count). The van der Waals surface area contributed by atoms with Crippen LogP contribution in [0.25, 0.3) is 27.7 Å². The number of aromatic nitrogens is 1. The number of hydrogen-bond acceptors (Lipinski definition) is 2. The van der Waals surface area contributed by atoms with E-state index in [9.17, 15) is 4.79 Å². The molecule has 0 bridgehead atoms. The van der Waals surface area contributed by atoms with Gasteiger partial charge in [-0.05, 0) is 71.3 Å². The molecule has 0 amide bonds. The third-order valence-corrected chi connectivity index (χ3v) is 4.93. The maximum absolute atomic E-state index is 11.1. The van der Waals surface area contributed by atoms with E-state index in [1.54, 1.807) is 7.11 Å². The van der Waals surface area contributed by atoms with Crippen LogP contribution in [0.5, 0.6) is 5.75 Å². The summed E-state index contributed by atoms with van der Waals surface area (Å²) in [5.41, 5.74) is 4.08. The Morgan fingerprint density at radius 3 is 2.39 bits per heavy atom. The highest BCUT2D eigenvalue weighted by Gasteiger charge is 2.14. The lowest BCUT2D eigenvalue weighted by atomic mass is 10.1. The van der Waals surface area contributed by atoms with Crippen molar-refractivity contribution in [2.45, 2.75) is 12.8 Å². The first-order valence-corrected chi connectivity index (χ1v) is 9.22. The Labute approximate surface area is 163 Å². The largest absolute Gasteiger partial charge is 0.497 e. The molecule has 0 spiro atoms. The molecular weight excluding hydrogens is 350 g/mol. The molecule has 4 nitrogen and oxygen atoms in total. The van der Waals surface area contributed by atoms with Crippen molar-refractivity contribution >= 4 is 16.7 Å². The fourth-order valence-electron chi connectivity index (χ4n) is 3.52. The predicted molar refractivity (Wildman–Crippen MR) is 111 cm³/mol. The van der Waals surface area contributed by atoms with Gasteiger partial charge in [-0.1, -0.05) is 30.3 Å². The van der Waals surface area contributed by atoms with E-state index >= 15 is 0 Å². The summed E-state index contributed by atoms with van der Waals surface area (Å²) >= 11 is 0. The third-order valence-electron chi connectivity index (χ3n) is 4.93. The van der Waals surface area contributed by atoms with Crippen LogP contribution in [-0.2, 0) is 11.2 Å². The minimum Gasteiger partial charge on any atom is -0.497 e. The van der Waals surface area contributed by atoms with Gasteiger partial charge in [0, 0.05) is 11.4 Å². The molecule has 4 heteroatoms. The average molecular weight is 371 g/mol. The Morgan fingerprint density at radius 1 is 0.929 bits per heavy atom. The van der Waals surface area contributed by atoms with E-state index in [0.29, 0.717) is 6.42 Å². The monoisotopic (exact) mass is 371 g/mol. The summed E-state index contributed by atoms with van der Waals surface area (Å²) in [7, 11) is 1.65. The van der Waals surface area contributed by atoms with Gasteiger partial charge < -0.3 is 14.4 Å². The molecule has 140 valence electrons. The zero-order chi connectivity index (χ0) is 19.5. The molecule has 0 aliphatic carbocycles. The van der Waals surface area contributed by atoms with Gasteiger partial charge in [-0.3, -0.25) is 4.79 Å². The summed E-state index contributed by atoms with van der Waals surface area (Å²) in [5, 5.41) is 11.5. The van der Waals surface area contributed by atoms with Gasteiger partial charge in [0.15, 0.2) is 0 Å². The van der Waals surface area contributed by atoms with Crippen LogP contribution in [-0.4, -0.2) is 22.8 Å². The van der Waals surface area contributed by atoms with Crippen molar-refractivity contribution in [1.29, 1.82) is 0 Å². The van der Waals surface area contributed by atoms with Crippen molar-refractivity contribution in [2.24, 2.45) is 0 Å². The number of rotatable bonds is 6. The molecule has 0 saturated carbocycles. The molecule has 0 saturated heterocycles. The van der Waals surface area contributed by atoms with Gasteiger partial charge in [-0.25, -0.2) is 0 Å². The number of aryl methyl sites for hydroxylation is 1. The lowest BCUT2D eigenvalue weighted by Gasteiger charge is -2.15. The normalized spacial score (nSPS) is 10.9. The van der Waals surface area contributed by atoms with E-state index in [2.05, 4.69) is 34.9 Å². The van der Waals surface area contributed by atoms with E-state index in [1.165, 1.54) is 5.39 Å². The topological polar surface area (TPSA) is 51.5 Å². The summed E-state index contributed by atoms with van der Waals surface area (Å²) in [6.07, 6.45) is 0.567. The second kappa shape index (κ2) is 7.61. The standard InChI is InChI=1S/C24H21NO3/c1-28-22-12-7-18(8-13-22)23-14-10-20(11-15-24(26)27)25(23)21-9-6-17-4-2-3-5-19(17)16-21/h2-10,12-14,16H,11,15H2,1H3,(H,26,27). The fraction of sp³-hybridized carbons (Fsp3) is 0.125. The molecule has 3 aromatic carbocycles. The van der Waals surface area contributed by atoms with Gasteiger partial charge in [-0.15, -0.1) is 0 Å². The minimum atomic E-state index is -0.794. The van der Waals surface area contributed by atoms with E-state index in [-0.39, 0.29) is 6.42 Å². The number of carboxylic acid groups (broad SMARTS) is 1. The molecule has 0 fully saturated rings. The quantitative estimate of drug-likeness (QED) is 0.499. The highest BCUT2D eigenvalue weighted by molar-refractivity contribution is 5.85. The summed E-state index contributed by atoms with van der Waals surface area (Å²) in [4.78, 5) is 11.1. The van der Waals surface area contributed by atoms with Crippen molar-refractivity contribution in [1.82, 2.24) is 4.57 Å². The van der Waals surface area contributed by atoms with Crippen LogP contribution < -0.4 is 4.74 Å². The van der Waals surface area contributed by atoms with Gasteiger partial charge in [-0.2, -0.15) is 0 Å². The first kappa shape index (κ1) is 17.9. The maximum Gasteiger partial charge on any atom is 0.303 e. The second-order valence-electron chi connectivity index (χ2n) is 6.70. The number of fused-ring (bicyclic) bond motifs is 1. The highest BCUT2D eigenvalue weighted by Crippen LogP contribution is 2.30. The zero-order valence-electron chi connectivity index (χ0n) is 15.6. The fourth-order valence-corrected chi connectivity index (χ4v) is 3.52. The van der Waals surface area contributed by atoms with Crippen LogP contribution in [0, 0.1) is 0 Å². The second-order valence-corrected chi connectivity index (χ2v) is 6.70. The maximum atomic E-state index is 11.1. The number of carbonyl (C=O) groups is 1. The van der Waals surface area contributed by atoms with Crippen LogP contribution in [0.3, 0.4) is 0 Å². The average Bonchev–Trinajstić information content (AvgIpc) is 3.16. The molecule has 0 radical (unpaired) electrons. The van der Waals surface area contributed by atoms with Gasteiger partial charge >= 0.3 is 5.97 Å². The minimum absolute atomic E-state index is 0.0969. The van der Waals surface area contributed by atoms with Crippen molar-refractivity contribution < 1.29 is 14.6 Å². The first-order valence-electron chi connectivity index (χ1n) is 9.22. The number of ether oxygens (including phenoxy) is 1. The molecule has 1 aromatic heterocycles. The van der Waals surface area contributed by atoms with Gasteiger partial charge in [0.2, 0.25) is 0 Å². The molecule has 0 aliphatic rings.